The third kappa shape index (κ3) is 3.17. The van der Waals surface area contributed by atoms with Crippen molar-refractivity contribution in [1.82, 2.24) is 0 Å². The molecule has 3 aromatic rings. The van der Waals surface area contributed by atoms with Crippen molar-refractivity contribution >= 4 is 17.5 Å². The highest BCUT2D eigenvalue weighted by Gasteiger charge is 2.63. The van der Waals surface area contributed by atoms with Gasteiger partial charge in [0.15, 0.2) is 11.2 Å². The lowest BCUT2D eigenvalue weighted by atomic mass is 9.69. The summed E-state index contributed by atoms with van der Waals surface area (Å²) in [5.41, 5.74) is 1.68. The summed E-state index contributed by atoms with van der Waals surface area (Å²) in [5, 5.41) is 21.0. The van der Waals surface area contributed by atoms with Gasteiger partial charge in [-0.2, -0.15) is 10.5 Å². The lowest BCUT2D eigenvalue weighted by Gasteiger charge is -2.35. The topological polar surface area (TPSA) is 77.1 Å². The van der Waals surface area contributed by atoms with Gasteiger partial charge in [-0.1, -0.05) is 72.8 Å². The predicted octanol–water partition coefficient (Wildman–Crippen LogP) is 5.37. The Kier molecular flexibility index (Phi) is 5.40. The summed E-state index contributed by atoms with van der Waals surface area (Å²) >= 11 is 0. The molecule has 1 fully saturated rings. The number of benzene rings is 3. The highest BCUT2D eigenvalue weighted by molar-refractivity contribution is 6.04. The maximum atomic E-state index is 14.1. The van der Waals surface area contributed by atoms with Gasteiger partial charge in [0.25, 0.3) is 0 Å². The standard InChI is InChI=1S/C29H23N3O2/c1-2-34-23-15-12-21(13-16-23)26-27(28(33)22-9-4-3-5-10-22)32-24-11-7-6-8-20(24)14-17-25(32)29(26,18-30)19-31/h3-17,25-27H,2H2,1H3/t25-,26+,27-/m0/s1. The van der Waals surface area contributed by atoms with E-state index in [1.165, 1.54) is 0 Å². The van der Waals surface area contributed by atoms with E-state index in [1.54, 1.807) is 12.1 Å². The number of hydrogen-bond acceptors (Lipinski definition) is 5. The van der Waals surface area contributed by atoms with Crippen LogP contribution in [-0.2, 0) is 0 Å². The van der Waals surface area contributed by atoms with Crippen LogP contribution in [0.4, 0.5) is 5.69 Å². The number of carbonyl (C=O) groups is 1. The first-order valence-electron chi connectivity index (χ1n) is 11.3. The molecule has 0 radical (unpaired) electrons. The van der Waals surface area contributed by atoms with E-state index in [9.17, 15) is 15.3 Å². The zero-order valence-electron chi connectivity index (χ0n) is 18.8. The van der Waals surface area contributed by atoms with Crippen LogP contribution in [0, 0.1) is 28.1 Å². The Bertz CT molecular complexity index is 1320. The van der Waals surface area contributed by atoms with Gasteiger partial charge in [0.1, 0.15) is 11.8 Å². The summed E-state index contributed by atoms with van der Waals surface area (Å²) in [6, 6.07) is 27.7. The van der Waals surface area contributed by atoms with Gasteiger partial charge in [0, 0.05) is 17.2 Å². The average Bonchev–Trinajstić information content (AvgIpc) is 3.20. The lowest BCUT2D eigenvalue weighted by Crippen LogP contribution is -2.44. The van der Waals surface area contributed by atoms with Gasteiger partial charge in [-0.15, -0.1) is 0 Å². The summed E-state index contributed by atoms with van der Waals surface area (Å²) in [5.74, 6) is -0.0636. The van der Waals surface area contributed by atoms with Gasteiger partial charge in [0.2, 0.25) is 0 Å². The van der Waals surface area contributed by atoms with Crippen LogP contribution in [0.2, 0.25) is 0 Å². The molecule has 5 rings (SSSR count). The van der Waals surface area contributed by atoms with Gasteiger partial charge < -0.3 is 9.64 Å². The van der Waals surface area contributed by atoms with E-state index in [2.05, 4.69) is 12.1 Å². The fraction of sp³-hybridized carbons (Fsp3) is 0.207. The smallest absolute Gasteiger partial charge is 0.185 e. The molecule has 5 heteroatoms. The first-order chi connectivity index (χ1) is 16.6. The Hall–Kier alpha value is -4.35. The molecule has 2 heterocycles. The van der Waals surface area contributed by atoms with E-state index in [0.717, 1.165) is 16.8 Å². The molecule has 3 atom stereocenters. The fourth-order valence-corrected chi connectivity index (χ4v) is 5.32. The first-order valence-corrected chi connectivity index (χ1v) is 11.3. The molecule has 2 aliphatic rings. The minimum Gasteiger partial charge on any atom is -0.494 e. The van der Waals surface area contributed by atoms with Crippen molar-refractivity contribution in [3.05, 3.63) is 102 Å². The molecule has 0 spiro atoms. The fourth-order valence-electron chi connectivity index (χ4n) is 5.32. The summed E-state index contributed by atoms with van der Waals surface area (Å²) < 4.78 is 5.59. The molecule has 166 valence electrons. The minimum atomic E-state index is -1.45. The molecule has 0 saturated carbocycles. The van der Waals surface area contributed by atoms with Crippen LogP contribution in [0.5, 0.6) is 5.75 Å². The van der Waals surface area contributed by atoms with Gasteiger partial charge >= 0.3 is 0 Å². The normalized spacial score (nSPS) is 21.6. The molecule has 34 heavy (non-hydrogen) atoms. The molecule has 1 saturated heterocycles. The van der Waals surface area contributed by atoms with Crippen LogP contribution in [0.3, 0.4) is 0 Å². The summed E-state index contributed by atoms with van der Waals surface area (Å²) in [6.07, 6.45) is 3.85. The largest absolute Gasteiger partial charge is 0.494 e. The summed E-state index contributed by atoms with van der Waals surface area (Å²) in [4.78, 5) is 16.1. The third-order valence-corrected chi connectivity index (χ3v) is 6.79. The number of ether oxygens (including phenoxy) is 1. The second-order valence-corrected chi connectivity index (χ2v) is 8.52. The number of rotatable bonds is 5. The molecule has 0 bridgehead atoms. The predicted molar refractivity (Wildman–Crippen MR) is 130 cm³/mol. The van der Waals surface area contributed by atoms with Crippen LogP contribution in [0.25, 0.3) is 6.08 Å². The number of nitrogens with zero attached hydrogens (tertiary/aromatic N) is 3. The second-order valence-electron chi connectivity index (χ2n) is 8.52. The highest BCUT2D eigenvalue weighted by atomic mass is 16.5. The van der Waals surface area contributed by atoms with Gasteiger partial charge in [-0.05, 0) is 36.2 Å². The molecular formula is C29H23N3O2. The summed E-state index contributed by atoms with van der Waals surface area (Å²) in [6.45, 7) is 2.45. The number of fused-ring (bicyclic) bond motifs is 3. The van der Waals surface area contributed by atoms with E-state index in [0.29, 0.717) is 17.9 Å². The van der Waals surface area contributed by atoms with Crippen molar-refractivity contribution in [2.75, 3.05) is 11.5 Å². The molecule has 0 aromatic heterocycles. The lowest BCUT2D eigenvalue weighted by molar-refractivity contribution is 0.0951. The maximum Gasteiger partial charge on any atom is 0.185 e. The van der Waals surface area contributed by atoms with Crippen molar-refractivity contribution < 1.29 is 9.53 Å². The Morgan fingerprint density at radius 3 is 2.32 bits per heavy atom. The monoisotopic (exact) mass is 445 g/mol. The Morgan fingerprint density at radius 1 is 0.971 bits per heavy atom. The van der Waals surface area contributed by atoms with Gasteiger partial charge in [0.05, 0.1) is 24.8 Å². The van der Waals surface area contributed by atoms with Crippen molar-refractivity contribution in [1.29, 1.82) is 10.5 Å². The van der Waals surface area contributed by atoms with Crippen LogP contribution >= 0.6 is 0 Å². The number of carbonyl (C=O) groups excluding carboxylic acids is 1. The highest BCUT2D eigenvalue weighted by Crippen LogP contribution is 2.55. The van der Waals surface area contributed by atoms with Crippen LogP contribution in [0.15, 0.2) is 84.9 Å². The SMILES string of the molecule is CCOc1ccc([C@@H]2[C@@H](C(=O)c3ccccc3)N3c4ccccc4C=C[C@H]3C2(C#N)C#N)cc1. The van der Waals surface area contributed by atoms with Gasteiger partial charge in [-0.3, -0.25) is 4.79 Å². The van der Waals surface area contributed by atoms with E-state index >= 15 is 0 Å². The number of hydrogen-bond donors (Lipinski definition) is 0. The third-order valence-electron chi connectivity index (χ3n) is 6.79. The molecule has 0 N–H and O–H groups in total. The van der Waals surface area contributed by atoms with Crippen LogP contribution in [-0.4, -0.2) is 24.5 Å². The van der Waals surface area contributed by atoms with Crippen molar-refractivity contribution in [3.63, 3.8) is 0 Å². The molecule has 0 aliphatic carbocycles. The number of nitriles is 2. The van der Waals surface area contributed by atoms with Crippen molar-refractivity contribution in [2.24, 2.45) is 5.41 Å². The summed E-state index contributed by atoms with van der Waals surface area (Å²) in [7, 11) is 0. The Balaban J connectivity index is 1.74. The zero-order valence-corrected chi connectivity index (χ0v) is 18.8. The molecule has 0 unspecified atom stereocenters. The average molecular weight is 446 g/mol. The van der Waals surface area contributed by atoms with E-state index in [1.807, 2.05) is 90.7 Å². The molecular weight excluding hydrogens is 422 g/mol. The van der Waals surface area contributed by atoms with E-state index < -0.39 is 23.4 Å². The number of Topliss-reactive ketones (excluding diaryl/α,β-unsaturated/α-hetero) is 1. The molecule has 5 nitrogen and oxygen atoms in total. The molecule has 2 aliphatic heterocycles. The van der Waals surface area contributed by atoms with Crippen molar-refractivity contribution in [3.8, 4) is 17.9 Å². The Morgan fingerprint density at radius 2 is 1.65 bits per heavy atom. The minimum absolute atomic E-state index is 0.109. The molecule has 3 aromatic carbocycles. The Labute approximate surface area is 199 Å². The number of ketones is 1. The van der Waals surface area contributed by atoms with Gasteiger partial charge in [-0.25, -0.2) is 0 Å². The molecule has 0 amide bonds. The maximum absolute atomic E-state index is 14.1. The van der Waals surface area contributed by atoms with E-state index in [4.69, 9.17) is 4.74 Å². The van der Waals surface area contributed by atoms with E-state index in [-0.39, 0.29) is 5.78 Å². The van der Waals surface area contributed by atoms with Crippen LogP contribution in [0.1, 0.15) is 34.3 Å². The number of anilines is 1. The number of para-hydroxylation sites is 1. The van der Waals surface area contributed by atoms with Crippen LogP contribution < -0.4 is 9.64 Å². The quantitative estimate of drug-likeness (QED) is 0.494. The van der Waals surface area contributed by atoms with Crippen molar-refractivity contribution in [2.45, 2.75) is 24.9 Å². The second kappa shape index (κ2) is 8.54. The zero-order chi connectivity index (χ0) is 23.7. The first kappa shape index (κ1) is 21.5.